The number of amides is 3. The number of benzene rings is 2. The van der Waals surface area contributed by atoms with Gasteiger partial charge in [0, 0.05) is 31.5 Å². The van der Waals surface area contributed by atoms with E-state index in [1.165, 1.54) is 17.0 Å². The van der Waals surface area contributed by atoms with Crippen LogP contribution in [0.3, 0.4) is 0 Å². The van der Waals surface area contributed by atoms with Crippen LogP contribution >= 0.6 is 23.2 Å². The lowest BCUT2D eigenvalue weighted by Gasteiger charge is -2.22. The highest BCUT2D eigenvalue weighted by Crippen LogP contribution is 2.23. The summed E-state index contributed by atoms with van der Waals surface area (Å²) in [7, 11) is 1.56. The first-order chi connectivity index (χ1) is 14.8. The molecule has 0 aliphatic heterocycles. The summed E-state index contributed by atoms with van der Waals surface area (Å²) < 4.78 is 5.03. The molecule has 0 fully saturated rings. The van der Waals surface area contributed by atoms with Crippen LogP contribution in [0.2, 0.25) is 10.0 Å². The molecular weight excluding hydrogens is 441 g/mol. The predicted molar refractivity (Wildman–Crippen MR) is 122 cm³/mol. The molecule has 3 amide bonds. The van der Waals surface area contributed by atoms with Gasteiger partial charge in [-0.1, -0.05) is 40.9 Å². The highest BCUT2D eigenvalue weighted by atomic mass is 35.5. The van der Waals surface area contributed by atoms with Crippen LogP contribution in [-0.2, 0) is 14.3 Å². The average Bonchev–Trinajstić information content (AvgIpc) is 2.75. The van der Waals surface area contributed by atoms with E-state index < -0.39 is 5.91 Å². The average molecular weight is 466 g/mol. The van der Waals surface area contributed by atoms with Crippen molar-refractivity contribution in [1.82, 2.24) is 10.2 Å². The van der Waals surface area contributed by atoms with Crippen LogP contribution in [0.5, 0.6) is 0 Å². The van der Waals surface area contributed by atoms with E-state index in [-0.39, 0.29) is 29.9 Å². The largest absolute Gasteiger partial charge is 0.385 e. The Bertz CT molecular complexity index is 919. The maximum absolute atomic E-state index is 12.9. The number of nitrogens with zero attached hydrogens (tertiary/aromatic N) is 1. The molecule has 2 aromatic carbocycles. The predicted octanol–water partition coefficient (Wildman–Crippen LogP) is 3.54. The highest BCUT2D eigenvalue weighted by Gasteiger charge is 2.20. The fourth-order valence-electron chi connectivity index (χ4n) is 2.71. The number of anilines is 1. The second-order valence-electron chi connectivity index (χ2n) is 6.89. The lowest BCUT2D eigenvalue weighted by Crippen LogP contribution is -2.43. The minimum atomic E-state index is -0.454. The van der Waals surface area contributed by atoms with Gasteiger partial charge in [0.1, 0.15) is 0 Å². The lowest BCUT2D eigenvalue weighted by molar-refractivity contribution is -0.124. The first-order valence-electron chi connectivity index (χ1n) is 9.66. The van der Waals surface area contributed by atoms with Crippen LogP contribution in [0.4, 0.5) is 5.69 Å². The zero-order chi connectivity index (χ0) is 22.8. The number of hydrogen-bond acceptors (Lipinski definition) is 4. The monoisotopic (exact) mass is 465 g/mol. The second-order valence-corrected chi connectivity index (χ2v) is 7.71. The van der Waals surface area contributed by atoms with E-state index >= 15 is 0 Å². The SMILES string of the molecule is COCCCN(CC(=O)NCC(=O)Nc1ccc(C)cc1)C(=O)c1ccc(Cl)c(Cl)c1. The summed E-state index contributed by atoms with van der Waals surface area (Å²) in [6, 6.07) is 11.8. The van der Waals surface area contributed by atoms with Crippen LogP contribution in [-0.4, -0.2) is 56.0 Å². The molecule has 0 aromatic heterocycles. The fourth-order valence-corrected chi connectivity index (χ4v) is 3.01. The number of nitrogens with one attached hydrogen (secondary N) is 2. The van der Waals surface area contributed by atoms with Crippen molar-refractivity contribution in [3.8, 4) is 0 Å². The topological polar surface area (TPSA) is 87.7 Å². The molecule has 7 nitrogen and oxygen atoms in total. The molecule has 0 bridgehead atoms. The Balaban J connectivity index is 1.94. The second kappa shape index (κ2) is 12.3. The van der Waals surface area contributed by atoms with Gasteiger partial charge in [-0.15, -0.1) is 0 Å². The van der Waals surface area contributed by atoms with Crippen molar-refractivity contribution in [2.45, 2.75) is 13.3 Å². The Morgan fingerprint density at radius 2 is 1.71 bits per heavy atom. The van der Waals surface area contributed by atoms with Crippen LogP contribution in [0.15, 0.2) is 42.5 Å². The van der Waals surface area contributed by atoms with Gasteiger partial charge >= 0.3 is 0 Å². The van der Waals surface area contributed by atoms with E-state index in [4.69, 9.17) is 27.9 Å². The molecule has 2 N–H and O–H groups in total. The van der Waals surface area contributed by atoms with Gasteiger partial charge in [-0.05, 0) is 43.7 Å². The Labute approximate surface area is 191 Å². The third kappa shape index (κ3) is 8.20. The van der Waals surface area contributed by atoms with E-state index in [1.54, 1.807) is 25.3 Å². The van der Waals surface area contributed by atoms with Crippen LogP contribution in [0, 0.1) is 6.92 Å². The summed E-state index contributed by atoms with van der Waals surface area (Å²) in [5.41, 5.74) is 2.03. The van der Waals surface area contributed by atoms with Gasteiger partial charge < -0.3 is 20.3 Å². The summed E-state index contributed by atoms with van der Waals surface area (Å²) in [5, 5.41) is 5.83. The van der Waals surface area contributed by atoms with Gasteiger partial charge in [0.15, 0.2) is 0 Å². The maximum atomic E-state index is 12.9. The molecule has 31 heavy (non-hydrogen) atoms. The standard InChI is InChI=1S/C22H25Cl2N3O4/c1-15-4-7-17(8-5-15)26-20(28)13-25-21(29)14-27(10-3-11-31-2)22(30)16-6-9-18(23)19(24)12-16/h4-9,12H,3,10-11,13-14H2,1-2H3,(H,25,29)(H,26,28). The number of carbonyl (C=O) groups excluding carboxylic acids is 3. The van der Waals surface area contributed by atoms with Gasteiger partial charge in [-0.2, -0.15) is 0 Å². The molecule has 0 spiro atoms. The van der Waals surface area contributed by atoms with E-state index in [0.29, 0.717) is 35.8 Å². The summed E-state index contributed by atoms with van der Waals surface area (Å²) >= 11 is 11.9. The maximum Gasteiger partial charge on any atom is 0.254 e. The number of aryl methyl sites for hydroxylation is 1. The molecule has 0 aliphatic carbocycles. The molecular formula is C22H25Cl2N3O4. The highest BCUT2D eigenvalue weighted by molar-refractivity contribution is 6.42. The number of halogens is 2. The minimum absolute atomic E-state index is 0.208. The lowest BCUT2D eigenvalue weighted by atomic mass is 10.2. The third-order valence-electron chi connectivity index (χ3n) is 4.35. The van der Waals surface area contributed by atoms with Crippen molar-refractivity contribution in [3.05, 3.63) is 63.6 Å². The molecule has 0 atom stereocenters. The molecule has 0 saturated carbocycles. The minimum Gasteiger partial charge on any atom is -0.385 e. The summed E-state index contributed by atoms with van der Waals surface area (Å²) in [5.74, 6) is -1.18. The van der Waals surface area contributed by atoms with Crippen molar-refractivity contribution in [2.75, 3.05) is 38.7 Å². The van der Waals surface area contributed by atoms with E-state index in [1.807, 2.05) is 19.1 Å². The van der Waals surface area contributed by atoms with E-state index in [9.17, 15) is 14.4 Å². The quantitative estimate of drug-likeness (QED) is 0.525. The normalized spacial score (nSPS) is 10.5. The molecule has 0 radical (unpaired) electrons. The number of rotatable bonds is 10. The zero-order valence-electron chi connectivity index (χ0n) is 17.4. The Morgan fingerprint density at radius 1 is 1.00 bits per heavy atom. The van der Waals surface area contributed by atoms with Crippen molar-refractivity contribution in [1.29, 1.82) is 0 Å². The van der Waals surface area contributed by atoms with Crippen molar-refractivity contribution in [2.24, 2.45) is 0 Å². The Morgan fingerprint density at radius 3 is 2.35 bits per heavy atom. The van der Waals surface area contributed by atoms with Crippen molar-refractivity contribution < 1.29 is 19.1 Å². The smallest absolute Gasteiger partial charge is 0.254 e. The molecule has 0 heterocycles. The van der Waals surface area contributed by atoms with E-state index in [2.05, 4.69) is 10.6 Å². The summed E-state index contributed by atoms with van der Waals surface area (Å²) in [6.45, 7) is 2.27. The van der Waals surface area contributed by atoms with Crippen LogP contribution in [0.1, 0.15) is 22.3 Å². The molecule has 0 aliphatic rings. The Hall–Kier alpha value is -2.61. The van der Waals surface area contributed by atoms with Crippen molar-refractivity contribution >= 4 is 46.6 Å². The van der Waals surface area contributed by atoms with Crippen molar-refractivity contribution in [3.63, 3.8) is 0 Å². The number of methoxy groups -OCH3 is 1. The van der Waals surface area contributed by atoms with E-state index in [0.717, 1.165) is 5.56 Å². The van der Waals surface area contributed by atoms with Crippen LogP contribution in [0.25, 0.3) is 0 Å². The molecule has 0 saturated heterocycles. The summed E-state index contributed by atoms with van der Waals surface area (Å²) in [6.07, 6.45) is 0.546. The molecule has 2 aromatic rings. The molecule has 2 rings (SSSR count). The van der Waals surface area contributed by atoms with Gasteiger partial charge in [0.05, 0.1) is 23.1 Å². The van der Waals surface area contributed by atoms with Gasteiger partial charge in [-0.25, -0.2) is 0 Å². The molecule has 9 heteroatoms. The van der Waals surface area contributed by atoms with Gasteiger partial charge in [0.2, 0.25) is 11.8 Å². The fraction of sp³-hybridized carbons (Fsp3) is 0.318. The first-order valence-corrected chi connectivity index (χ1v) is 10.4. The van der Waals surface area contributed by atoms with Crippen LogP contribution < -0.4 is 10.6 Å². The van der Waals surface area contributed by atoms with Gasteiger partial charge in [0.25, 0.3) is 5.91 Å². The summed E-state index contributed by atoms with van der Waals surface area (Å²) in [4.78, 5) is 38.7. The molecule has 0 unspecified atom stereocenters. The number of carbonyl (C=O) groups is 3. The number of hydrogen-bond donors (Lipinski definition) is 2. The first kappa shape index (κ1) is 24.7. The zero-order valence-corrected chi connectivity index (χ0v) is 18.9. The third-order valence-corrected chi connectivity index (χ3v) is 5.09. The van der Waals surface area contributed by atoms with Gasteiger partial charge in [-0.3, -0.25) is 14.4 Å². The molecule has 166 valence electrons. The Kier molecular flexibility index (Phi) is 9.78. The number of ether oxygens (including phenoxy) is 1.